The molecular formula is C126H111F5N6OSi. The fourth-order valence-electron chi connectivity index (χ4n) is 18.7. The van der Waals surface area contributed by atoms with E-state index in [-0.39, 0.29) is 11.5 Å². The summed E-state index contributed by atoms with van der Waals surface area (Å²) in [6, 6.07) is 148. The zero-order valence-corrected chi connectivity index (χ0v) is 81.2. The first kappa shape index (κ1) is 94.5. The quantitative estimate of drug-likeness (QED) is 0.0550. The fraction of sp³-hybridized carbons (Fsp3) is 0.103. The largest absolute Gasteiger partial charge is 0.432 e. The van der Waals surface area contributed by atoms with Gasteiger partial charge in [0.25, 0.3) is 6.01 Å². The molecule has 13 heteroatoms. The standard InChI is InChI=1S/C36H31NSi.C23H20N2.C19H16F3N.C18H16FN.C18H17N.C12H11FO/c1-28-29(2)36(37(31-20-10-4-11-21-31)35(28)30-18-8-3-9-19-30)38(32-22-12-5-13-23-32,33-24-14-6-15-25-33)34-26-16-7-17-27-34;1-17-18(2)23(20-13-15-24-16-14-20)25(21-11-7-4-8-12-21)22(17)19-9-5-3-6-10-19;1-13-14(2)18(19(20,21)22)23(16-11-7-4-8-12-16)17(13)15-9-5-3-6-10-15;1-13-14(2)18(19)20(16-11-7-4-8-12-16)17(13)15-9-5-3-6-10-15;1-14-13-19(17-11-7-4-8-12-17)18(15(14)2)16-9-5-3-6-10-16;1-8-9(2)12(13)14-11(8)10-6-4-3-5-7-10/h3-27H,1-2H3;3-16H,1-2H3;3-12H,1-2H3;3-12H,1-2H3;3-13H,1-2H3;3-7H,1-2H3/i;;;;13D;. The molecule has 0 aliphatic carbocycles. The molecule has 0 radical (unpaired) electrons. The topological polar surface area (TPSA) is 50.7 Å². The van der Waals surface area contributed by atoms with Crippen LogP contribution in [0.5, 0.6) is 0 Å². The first-order chi connectivity index (χ1) is 68.0. The molecule has 0 aliphatic rings. The highest BCUT2D eigenvalue weighted by atomic mass is 28.3. The summed E-state index contributed by atoms with van der Waals surface area (Å²) >= 11 is 0. The Morgan fingerprint density at radius 3 is 0.871 bits per heavy atom. The van der Waals surface area contributed by atoms with E-state index in [9.17, 15) is 22.0 Å². The minimum atomic E-state index is -4.42. The number of benzene rings is 14. The minimum absolute atomic E-state index is 0.187. The van der Waals surface area contributed by atoms with Crippen molar-refractivity contribution in [1.29, 1.82) is 0 Å². The van der Waals surface area contributed by atoms with Crippen molar-refractivity contribution < 1.29 is 27.7 Å². The average molecular weight is 1850 g/mol. The summed E-state index contributed by atoms with van der Waals surface area (Å²) in [5, 5.41) is 5.56. The maximum atomic E-state index is 14.6. The summed E-state index contributed by atoms with van der Waals surface area (Å²) in [6.45, 7) is 23.8. The monoisotopic (exact) mass is 1850 g/mol. The Labute approximate surface area is 815 Å². The van der Waals surface area contributed by atoms with Crippen LogP contribution < -0.4 is 20.9 Å². The summed E-state index contributed by atoms with van der Waals surface area (Å²) in [7, 11) is -2.75. The summed E-state index contributed by atoms with van der Waals surface area (Å²) in [4.78, 5) is 4.18. The number of para-hydroxylation sites is 5. The first-order valence-corrected chi connectivity index (χ1v) is 48.7. The number of rotatable bonds is 16. The number of furan rings is 1. The van der Waals surface area contributed by atoms with Crippen molar-refractivity contribution in [3.8, 4) is 107 Å². The van der Waals surface area contributed by atoms with Crippen LogP contribution in [0.4, 0.5) is 22.0 Å². The number of alkyl halides is 3. The van der Waals surface area contributed by atoms with E-state index >= 15 is 0 Å². The van der Waals surface area contributed by atoms with Gasteiger partial charge in [0.05, 0.1) is 35.5 Å². The van der Waals surface area contributed by atoms with Gasteiger partial charge in [0.1, 0.15) is 11.5 Å². The predicted molar refractivity (Wildman–Crippen MR) is 569 cm³/mol. The van der Waals surface area contributed by atoms with Gasteiger partial charge in [-0.05, 0) is 249 Å². The second kappa shape index (κ2) is 43.6. The number of hydrogen-bond acceptors (Lipinski definition) is 2. The summed E-state index contributed by atoms with van der Waals surface area (Å²) < 4.78 is 92.2. The van der Waals surface area contributed by atoms with E-state index in [0.717, 1.165) is 61.7 Å². The highest BCUT2D eigenvalue weighted by Crippen LogP contribution is 2.44. The van der Waals surface area contributed by atoms with Gasteiger partial charge in [0.15, 0.2) is 8.07 Å². The Morgan fingerprint density at radius 2 is 0.518 bits per heavy atom. The van der Waals surface area contributed by atoms with Gasteiger partial charge in [0, 0.05) is 80.1 Å². The third-order valence-electron chi connectivity index (χ3n) is 26.2. The van der Waals surface area contributed by atoms with Crippen LogP contribution in [0.3, 0.4) is 0 Å². The Kier molecular flexibility index (Phi) is 29.7. The van der Waals surface area contributed by atoms with E-state index in [2.05, 4.69) is 285 Å². The third kappa shape index (κ3) is 20.2. The number of aromatic nitrogens is 6. The van der Waals surface area contributed by atoms with Gasteiger partial charge < -0.3 is 22.7 Å². The molecule has 690 valence electrons. The van der Waals surface area contributed by atoms with Crippen LogP contribution in [-0.2, 0) is 6.18 Å². The molecule has 0 unspecified atom stereocenters. The van der Waals surface area contributed by atoms with Crippen LogP contribution >= 0.6 is 0 Å². The maximum absolute atomic E-state index is 14.6. The Morgan fingerprint density at radius 1 is 0.252 bits per heavy atom. The van der Waals surface area contributed by atoms with Gasteiger partial charge >= 0.3 is 6.18 Å². The van der Waals surface area contributed by atoms with Crippen molar-refractivity contribution in [2.24, 2.45) is 0 Å². The average Bonchev–Trinajstić information content (AvgIpc) is 1.46. The molecule has 0 bridgehead atoms. The van der Waals surface area contributed by atoms with Crippen molar-refractivity contribution in [2.75, 3.05) is 0 Å². The van der Waals surface area contributed by atoms with Crippen LogP contribution in [0.15, 0.2) is 460 Å². The number of pyridine rings is 1. The molecule has 0 N–H and O–H groups in total. The second-order valence-corrected chi connectivity index (χ2v) is 38.2. The highest BCUT2D eigenvalue weighted by Gasteiger charge is 2.47. The number of hydrogen-bond donors (Lipinski definition) is 0. The van der Waals surface area contributed by atoms with Gasteiger partial charge in [0.2, 0.25) is 5.95 Å². The second-order valence-electron chi connectivity index (χ2n) is 34.5. The van der Waals surface area contributed by atoms with Crippen LogP contribution in [0, 0.1) is 95.0 Å². The van der Waals surface area contributed by atoms with Crippen LogP contribution in [0.25, 0.3) is 107 Å². The Balaban J connectivity index is 0.000000124. The van der Waals surface area contributed by atoms with Crippen molar-refractivity contribution >= 4 is 29.0 Å². The SMILES string of the molecule is Cc1c(C)c(-c2ccccc2)n(-c2ccccc2)c1F.Cc1c(C)c(-c2ccncc2)n(-c2ccccc2)c1-c1ccccc1.Cc1c(C)c(C(F)(F)F)n(-c2ccccc2)c1-c1ccccc1.Cc1c(C)c([Si](c2ccccc2)(c2ccccc2)c2ccccc2)n(-c2ccccc2)c1-c1ccccc1.Cc1c(F)oc(-c2ccccc2)c1C.[2H]c1c(C)c(C)c(-c2ccccc2)n1-c1ccccc1. The number of nitrogens with zero attached hydrogens (tertiary/aromatic N) is 6. The van der Waals surface area contributed by atoms with E-state index in [1.54, 1.807) is 48.7 Å². The Hall–Kier alpha value is -16.2. The van der Waals surface area contributed by atoms with Crippen LogP contribution in [0.1, 0.15) is 73.8 Å². The van der Waals surface area contributed by atoms with Gasteiger partial charge in [-0.1, -0.05) is 364 Å². The molecule has 7 aromatic heterocycles. The normalized spacial score (nSPS) is 11.2. The van der Waals surface area contributed by atoms with E-state index < -0.39 is 26.0 Å². The van der Waals surface area contributed by atoms with Crippen molar-refractivity contribution in [1.82, 2.24) is 27.8 Å². The van der Waals surface area contributed by atoms with Crippen LogP contribution in [0.2, 0.25) is 0 Å². The maximum Gasteiger partial charge on any atom is 0.432 e. The smallest absolute Gasteiger partial charge is 0.431 e. The van der Waals surface area contributed by atoms with Crippen LogP contribution in [-0.4, -0.2) is 35.9 Å². The van der Waals surface area contributed by atoms with Gasteiger partial charge in [-0.25, -0.2) is 0 Å². The highest BCUT2D eigenvalue weighted by molar-refractivity contribution is 7.19. The minimum Gasteiger partial charge on any atom is -0.431 e. The molecule has 21 aromatic rings. The molecule has 0 fully saturated rings. The van der Waals surface area contributed by atoms with Gasteiger partial charge in [-0.15, -0.1) is 0 Å². The van der Waals surface area contributed by atoms with E-state index in [1.165, 1.54) is 105 Å². The van der Waals surface area contributed by atoms with E-state index in [0.29, 0.717) is 40.0 Å². The molecule has 7 nitrogen and oxygen atoms in total. The summed E-state index contributed by atoms with van der Waals surface area (Å²) in [5.41, 5.74) is 29.6. The molecule has 0 spiro atoms. The summed E-state index contributed by atoms with van der Waals surface area (Å²) in [6.07, 6.45) is -0.145. The predicted octanol–water partition coefficient (Wildman–Crippen LogP) is 31.1. The van der Waals surface area contributed by atoms with Crippen molar-refractivity contribution in [2.45, 2.75) is 89.3 Å². The molecular weight excluding hydrogens is 1740 g/mol. The van der Waals surface area contributed by atoms with Crippen molar-refractivity contribution in [3.05, 3.63) is 540 Å². The van der Waals surface area contributed by atoms with E-state index in [1.807, 2.05) is 215 Å². The molecule has 0 atom stereocenters. The lowest BCUT2D eigenvalue weighted by Crippen LogP contribution is -2.76. The van der Waals surface area contributed by atoms with E-state index in [4.69, 9.17) is 5.79 Å². The lowest BCUT2D eigenvalue weighted by atomic mass is 10.0. The molecule has 139 heavy (non-hydrogen) atoms. The molecule has 7 heterocycles. The molecule has 0 aliphatic heterocycles. The van der Waals surface area contributed by atoms with Gasteiger partial charge in [-0.2, -0.15) is 22.0 Å². The molecule has 0 saturated heterocycles. The molecule has 21 rings (SSSR count). The third-order valence-corrected chi connectivity index (χ3v) is 31.1. The van der Waals surface area contributed by atoms with Gasteiger partial charge in [-0.3, -0.25) is 9.55 Å². The Bertz CT molecular complexity index is 7240. The summed E-state index contributed by atoms with van der Waals surface area (Å²) in [5.74, 6) is 0.438. The lowest BCUT2D eigenvalue weighted by molar-refractivity contribution is -0.142. The van der Waals surface area contributed by atoms with Crippen molar-refractivity contribution in [3.63, 3.8) is 0 Å². The zero-order valence-electron chi connectivity index (χ0n) is 81.2. The fourth-order valence-corrected chi connectivity index (χ4v) is 23.9. The first-order valence-electron chi connectivity index (χ1n) is 47.2. The molecule has 14 aromatic carbocycles. The zero-order chi connectivity index (χ0) is 98.1. The lowest BCUT2D eigenvalue weighted by Gasteiger charge is -2.36. The molecule has 0 amide bonds. The molecule has 0 saturated carbocycles. The number of halogens is 5.